The van der Waals surface area contributed by atoms with Gasteiger partial charge < -0.3 is 5.32 Å². The van der Waals surface area contributed by atoms with Crippen LogP contribution in [0.2, 0.25) is 0 Å². The molecule has 1 aromatic heterocycles. The van der Waals surface area contributed by atoms with E-state index in [9.17, 15) is 4.39 Å². The van der Waals surface area contributed by atoms with Crippen molar-refractivity contribution in [3.8, 4) is 0 Å². The van der Waals surface area contributed by atoms with Crippen molar-refractivity contribution >= 4 is 15.9 Å². The zero-order chi connectivity index (χ0) is 14.5. The van der Waals surface area contributed by atoms with Crippen molar-refractivity contribution in [2.45, 2.75) is 32.9 Å². The van der Waals surface area contributed by atoms with Crippen LogP contribution in [-0.2, 0) is 6.54 Å². The minimum absolute atomic E-state index is 0.188. The van der Waals surface area contributed by atoms with Crippen molar-refractivity contribution in [3.63, 3.8) is 0 Å². The highest BCUT2D eigenvalue weighted by Crippen LogP contribution is 2.28. The van der Waals surface area contributed by atoms with E-state index in [0.717, 1.165) is 25.2 Å². The maximum Gasteiger partial charge on any atom is 0.142 e. The van der Waals surface area contributed by atoms with Gasteiger partial charge in [0.05, 0.1) is 16.2 Å². The second-order valence-corrected chi connectivity index (χ2v) is 5.47. The van der Waals surface area contributed by atoms with Gasteiger partial charge in [-0.2, -0.15) is 5.10 Å². The highest BCUT2D eigenvalue weighted by molar-refractivity contribution is 9.10. The summed E-state index contributed by atoms with van der Waals surface area (Å²) in [5.74, 6) is -0.220. The molecule has 0 saturated heterocycles. The van der Waals surface area contributed by atoms with Gasteiger partial charge in [0, 0.05) is 18.3 Å². The van der Waals surface area contributed by atoms with Crippen LogP contribution in [0, 0.1) is 5.82 Å². The lowest BCUT2D eigenvalue weighted by atomic mass is 10.0. The Bertz CT molecular complexity index is 568. The predicted octanol–water partition coefficient (Wildman–Crippen LogP) is 3.89. The molecule has 0 amide bonds. The summed E-state index contributed by atoms with van der Waals surface area (Å²) in [4.78, 5) is 0. The van der Waals surface area contributed by atoms with Gasteiger partial charge in [0.2, 0.25) is 0 Å². The van der Waals surface area contributed by atoms with Crippen LogP contribution in [0.15, 0.2) is 34.9 Å². The number of halogens is 2. The molecule has 0 aliphatic heterocycles. The van der Waals surface area contributed by atoms with Crippen LogP contribution in [0.1, 0.15) is 37.6 Å². The molecule has 108 valence electrons. The Morgan fingerprint density at radius 1 is 1.35 bits per heavy atom. The third-order valence-corrected chi connectivity index (χ3v) is 3.79. The summed E-state index contributed by atoms with van der Waals surface area (Å²) in [7, 11) is 0. The fourth-order valence-corrected chi connectivity index (χ4v) is 2.69. The topological polar surface area (TPSA) is 29.9 Å². The quantitative estimate of drug-likeness (QED) is 0.865. The van der Waals surface area contributed by atoms with E-state index in [2.05, 4.69) is 33.3 Å². The molecular formula is C15H19BrFN3. The number of hydrogen-bond donors (Lipinski definition) is 1. The highest BCUT2D eigenvalue weighted by Gasteiger charge is 2.21. The molecular weight excluding hydrogens is 321 g/mol. The summed E-state index contributed by atoms with van der Waals surface area (Å²) in [5.41, 5.74) is 1.63. The van der Waals surface area contributed by atoms with Gasteiger partial charge in [-0.05, 0) is 41.0 Å². The second-order valence-electron chi connectivity index (χ2n) is 4.61. The average Bonchev–Trinajstić information content (AvgIpc) is 2.88. The van der Waals surface area contributed by atoms with Crippen LogP contribution >= 0.6 is 15.9 Å². The van der Waals surface area contributed by atoms with Crippen molar-refractivity contribution in [1.29, 1.82) is 0 Å². The van der Waals surface area contributed by atoms with Gasteiger partial charge in [-0.25, -0.2) is 4.39 Å². The Labute approximate surface area is 127 Å². The zero-order valence-corrected chi connectivity index (χ0v) is 13.3. The van der Waals surface area contributed by atoms with E-state index < -0.39 is 0 Å². The first-order chi connectivity index (χ1) is 9.69. The number of benzene rings is 1. The molecule has 1 N–H and O–H groups in total. The minimum Gasteiger partial charge on any atom is -0.305 e. The summed E-state index contributed by atoms with van der Waals surface area (Å²) in [5, 5.41) is 7.68. The first-order valence-corrected chi connectivity index (χ1v) is 7.67. The largest absolute Gasteiger partial charge is 0.305 e. The number of nitrogens with zero attached hydrogens (tertiary/aromatic N) is 2. The fraction of sp³-hybridized carbons (Fsp3) is 0.400. The number of hydrogen-bond acceptors (Lipinski definition) is 2. The average molecular weight is 340 g/mol. The van der Waals surface area contributed by atoms with Crippen LogP contribution in [0.3, 0.4) is 0 Å². The molecule has 0 fully saturated rings. The van der Waals surface area contributed by atoms with Crippen LogP contribution < -0.4 is 5.32 Å². The van der Waals surface area contributed by atoms with Crippen LogP contribution in [0.5, 0.6) is 0 Å². The summed E-state index contributed by atoms with van der Waals surface area (Å²) in [6.45, 7) is 5.71. The molecule has 20 heavy (non-hydrogen) atoms. The van der Waals surface area contributed by atoms with Gasteiger partial charge in [0.15, 0.2) is 0 Å². The van der Waals surface area contributed by atoms with Crippen molar-refractivity contribution < 1.29 is 4.39 Å². The smallest absolute Gasteiger partial charge is 0.142 e. The van der Waals surface area contributed by atoms with Gasteiger partial charge in [-0.15, -0.1) is 0 Å². The number of nitrogens with one attached hydrogen (secondary N) is 1. The predicted molar refractivity (Wildman–Crippen MR) is 82.1 cm³/mol. The normalized spacial score (nSPS) is 12.6. The number of rotatable bonds is 6. The number of aromatic nitrogens is 2. The van der Waals surface area contributed by atoms with Gasteiger partial charge in [-0.1, -0.05) is 26.0 Å². The lowest BCUT2D eigenvalue weighted by Gasteiger charge is -2.21. The first-order valence-electron chi connectivity index (χ1n) is 6.88. The minimum atomic E-state index is -0.220. The molecule has 2 rings (SSSR count). The summed E-state index contributed by atoms with van der Waals surface area (Å²) < 4.78 is 16.8. The lowest BCUT2D eigenvalue weighted by Crippen LogP contribution is -2.26. The van der Waals surface area contributed by atoms with Crippen molar-refractivity contribution in [3.05, 3.63) is 52.0 Å². The third-order valence-electron chi connectivity index (χ3n) is 3.18. The lowest BCUT2D eigenvalue weighted by molar-refractivity contribution is 0.500. The third kappa shape index (κ3) is 3.10. The van der Waals surface area contributed by atoms with Crippen LogP contribution in [-0.4, -0.2) is 16.3 Å². The molecule has 1 unspecified atom stereocenters. The van der Waals surface area contributed by atoms with Crippen molar-refractivity contribution in [2.24, 2.45) is 0 Å². The van der Waals surface area contributed by atoms with E-state index in [0.29, 0.717) is 10.0 Å². The van der Waals surface area contributed by atoms with Crippen molar-refractivity contribution in [2.75, 3.05) is 6.54 Å². The zero-order valence-electron chi connectivity index (χ0n) is 11.7. The molecule has 2 aromatic rings. The monoisotopic (exact) mass is 339 g/mol. The highest BCUT2D eigenvalue weighted by atomic mass is 79.9. The standard InChI is InChI=1S/C15H19BrFN3/c1-3-10-20-13(8-9-19-20)15(18-4-2)11-6-5-7-12(16)14(11)17/h5-9,15,18H,3-4,10H2,1-2H3. The van der Waals surface area contributed by atoms with Gasteiger partial charge in [0.25, 0.3) is 0 Å². The van der Waals surface area contributed by atoms with Crippen molar-refractivity contribution in [1.82, 2.24) is 15.1 Å². The Balaban J connectivity index is 2.45. The maximum atomic E-state index is 14.4. The second kappa shape index (κ2) is 6.99. The molecule has 0 radical (unpaired) electrons. The molecule has 0 saturated carbocycles. The Morgan fingerprint density at radius 3 is 2.85 bits per heavy atom. The summed E-state index contributed by atoms with van der Waals surface area (Å²) in [6, 6.07) is 7.14. The SMILES string of the molecule is CCCn1nccc1C(NCC)c1cccc(Br)c1F. The van der Waals surface area contributed by atoms with E-state index in [-0.39, 0.29) is 11.9 Å². The molecule has 0 aliphatic carbocycles. The molecule has 1 aromatic carbocycles. The first kappa shape index (κ1) is 15.2. The molecule has 0 spiro atoms. The fourth-order valence-electron chi connectivity index (χ4n) is 2.31. The Hall–Kier alpha value is -1.20. The Morgan fingerprint density at radius 2 is 2.15 bits per heavy atom. The molecule has 3 nitrogen and oxygen atoms in total. The Kier molecular flexibility index (Phi) is 5.31. The molecule has 0 aliphatic rings. The van der Waals surface area contributed by atoms with Crippen LogP contribution in [0.4, 0.5) is 4.39 Å². The van der Waals surface area contributed by atoms with Crippen LogP contribution in [0.25, 0.3) is 0 Å². The van der Waals surface area contributed by atoms with E-state index in [1.807, 2.05) is 29.8 Å². The molecule has 0 bridgehead atoms. The summed E-state index contributed by atoms with van der Waals surface area (Å²) >= 11 is 3.25. The van der Waals surface area contributed by atoms with Gasteiger partial charge in [0.1, 0.15) is 5.82 Å². The van der Waals surface area contributed by atoms with E-state index in [1.165, 1.54) is 0 Å². The number of aryl methyl sites for hydroxylation is 1. The molecule has 1 atom stereocenters. The van der Waals surface area contributed by atoms with Gasteiger partial charge >= 0.3 is 0 Å². The van der Waals surface area contributed by atoms with E-state index in [4.69, 9.17) is 0 Å². The van der Waals surface area contributed by atoms with E-state index >= 15 is 0 Å². The van der Waals surface area contributed by atoms with E-state index in [1.54, 1.807) is 12.3 Å². The van der Waals surface area contributed by atoms with Gasteiger partial charge in [-0.3, -0.25) is 4.68 Å². The molecule has 5 heteroatoms. The maximum absolute atomic E-state index is 14.4. The summed E-state index contributed by atoms with van der Waals surface area (Å²) in [6.07, 6.45) is 2.76. The molecule has 1 heterocycles.